The zero-order valence-electron chi connectivity index (χ0n) is 14.4. The Balaban J connectivity index is 2.64. The van der Waals surface area contributed by atoms with Crippen LogP contribution in [0.5, 0.6) is 0 Å². The molecular formula is C18H21ClN2O4. The highest BCUT2D eigenvalue weighted by Gasteiger charge is 2.38. The van der Waals surface area contributed by atoms with Crippen molar-refractivity contribution in [1.29, 1.82) is 0 Å². The summed E-state index contributed by atoms with van der Waals surface area (Å²) in [5, 5.41) is 3.36. The quantitative estimate of drug-likeness (QED) is 0.780. The molecule has 134 valence electrons. The summed E-state index contributed by atoms with van der Waals surface area (Å²) >= 11 is 6.10. The average Bonchev–Trinajstić information content (AvgIpc) is 2.54. The van der Waals surface area contributed by atoms with Crippen molar-refractivity contribution in [2.45, 2.75) is 26.7 Å². The van der Waals surface area contributed by atoms with Crippen molar-refractivity contribution in [3.8, 4) is 0 Å². The molecule has 0 saturated carbocycles. The molecule has 0 amide bonds. The molecule has 0 radical (unpaired) electrons. The van der Waals surface area contributed by atoms with E-state index in [1.165, 1.54) is 0 Å². The molecule has 1 aliphatic heterocycles. The van der Waals surface area contributed by atoms with Gasteiger partial charge in [-0.3, -0.25) is 0 Å². The van der Waals surface area contributed by atoms with E-state index in [9.17, 15) is 9.59 Å². The molecule has 7 heteroatoms. The summed E-state index contributed by atoms with van der Waals surface area (Å²) < 4.78 is 10.3. The number of dihydropyridines is 1. The zero-order valence-corrected chi connectivity index (χ0v) is 15.1. The fraction of sp³-hybridized carbons (Fsp3) is 0.333. The topological polar surface area (TPSA) is 90.6 Å². The molecule has 1 aromatic rings. The van der Waals surface area contributed by atoms with Crippen LogP contribution in [0, 0.1) is 0 Å². The summed E-state index contributed by atoms with van der Waals surface area (Å²) in [6.45, 7) is 5.53. The van der Waals surface area contributed by atoms with E-state index >= 15 is 0 Å². The van der Waals surface area contributed by atoms with Gasteiger partial charge in [-0.25, -0.2) is 9.59 Å². The first-order valence-electron chi connectivity index (χ1n) is 7.97. The molecule has 6 nitrogen and oxygen atoms in total. The number of nitrogens with one attached hydrogen (secondary N) is 1. The number of hydrogen-bond acceptors (Lipinski definition) is 6. The van der Waals surface area contributed by atoms with Gasteiger partial charge in [0.25, 0.3) is 0 Å². The Morgan fingerprint density at radius 1 is 1.16 bits per heavy atom. The van der Waals surface area contributed by atoms with Gasteiger partial charge in [-0.2, -0.15) is 0 Å². The number of benzene rings is 1. The van der Waals surface area contributed by atoms with Gasteiger partial charge in [-0.15, -0.1) is 0 Å². The van der Waals surface area contributed by atoms with Gasteiger partial charge in [-0.1, -0.05) is 23.7 Å². The highest BCUT2D eigenvalue weighted by atomic mass is 35.5. The van der Waals surface area contributed by atoms with Gasteiger partial charge in [0.05, 0.1) is 30.3 Å². The summed E-state index contributed by atoms with van der Waals surface area (Å²) in [4.78, 5) is 25.0. The molecule has 0 saturated heterocycles. The van der Waals surface area contributed by atoms with Crippen LogP contribution in [0.2, 0.25) is 5.02 Å². The van der Waals surface area contributed by atoms with Crippen LogP contribution >= 0.6 is 11.6 Å². The Kier molecular flexibility index (Phi) is 6.09. The minimum atomic E-state index is -0.724. The number of allylic oxidation sites excluding steroid dienone is 1. The summed E-state index contributed by atoms with van der Waals surface area (Å²) in [5.41, 5.74) is 7.70. The minimum Gasteiger partial charge on any atom is -0.463 e. The zero-order chi connectivity index (χ0) is 18.6. The van der Waals surface area contributed by atoms with Gasteiger partial charge in [0.15, 0.2) is 0 Å². The molecule has 0 bridgehead atoms. The van der Waals surface area contributed by atoms with Crippen LogP contribution in [-0.4, -0.2) is 25.2 Å². The van der Waals surface area contributed by atoms with Crippen molar-refractivity contribution in [1.82, 2.24) is 5.32 Å². The maximum absolute atomic E-state index is 12.5. The smallest absolute Gasteiger partial charge is 0.338 e. The fourth-order valence-corrected chi connectivity index (χ4v) is 2.99. The molecule has 1 aliphatic rings. The standard InChI is InChI=1S/C18H21ClN2O4/c1-4-24-17(22)13-10(3)21-16(20)15(18(23)25-5-2)14(13)11-7-6-8-12(19)9-11/h6-9,14,21H,4-5,20H2,1-3H3. The maximum Gasteiger partial charge on any atom is 0.338 e. The molecule has 3 N–H and O–H groups in total. The van der Waals surface area contributed by atoms with Crippen molar-refractivity contribution in [3.05, 3.63) is 57.5 Å². The third-order valence-corrected chi connectivity index (χ3v) is 4.00. The highest BCUT2D eigenvalue weighted by Crippen LogP contribution is 2.39. The van der Waals surface area contributed by atoms with Gasteiger partial charge in [0.1, 0.15) is 5.82 Å². The Hall–Kier alpha value is -2.47. The van der Waals surface area contributed by atoms with Crippen molar-refractivity contribution in [2.24, 2.45) is 5.73 Å². The van der Waals surface area contributed by atoms with E-state index in [4.69, 9.17) is 26.8 Å². The van der Waals surface area contributed by atoms with Crippen molar-refractivity contribution in [2.75, 3.05) is 13.2 Å². The number of ether oxygens (including phenoxy) is 2. The Morgan fingerprint density at radius 2 is 1.76 bits per heavy atom. The first-order valence-corrected chi connectivity index (χ1v) is 8.35. The minimum absolute atomic E-state index is 0.147. The van der Waals surface area contributed by atoms with Crippen LogP contribution in [0.25, 0.3) is 0 Å². The lowest BCUT2D eigenvalue weighted by atomic mass is 9.81. The predicted molar refractivity (Wildman–Crippen MR) is 94.5 cm³/mol. The van der Waals surface area contributed by atoms with Crippen LogP contribution < -0.4 is 11.1 Å². The number of esters is 2. The second kappa shape index (κ2) is 8.07. The van der Waals surface area contributed by atoms with E-state index in [-0.39, 0.29) is 24.6 Å². The molecule has 1 unspecified atom stereocenters. The first kappa shape index (κ1) is 18.9. The van der Waals surface area contributed by atoms with Crippen LogP contribution in [0.4, 0.5) is 0 Å². The SMILES string of the molecule is CCOC(=O)C1=C(C)NC(N)=C(C(=O)OCC)C1c1cccc(Cl)c1. The molecular weight excluding hydrogens is 344 g/mol. The molecule has 0 aromatic heterocycles. The van der Waals surface area contributed by atoms with E-state index in [0.29, 0.717) is 21.9 Å². The van der Waals surface area contributed by atoms with Gasteiger partial charge in [0, 0.05) is 10.7 Å². The van der Waals surface area contributed by atoms with Gasteiger partial charge < -0.3 is 20.5 Å². The van der Waals surface area contributed by atoms with E-state index < -0.39 is 17.9 Å². The Morgan fingerprint density at radius 3 is 2.32 bits per heavy atom. The largest absolute Gasteiger partial charge is 0.463 e. The van der Waals surface area contributed by atoms with Crippen LogP contribution in [-0.2, 0) is 19.1 Å². The lowest BCUT2D eigenvalue weighted by molar-refractivity contribution is -0.139. The number of halogens is 1. The molecule has 1 heterocycles. The van der Waals surface area contributed by atoms with Gasteiger partial charge in [0.2, 0.25) is 0 Å². The van der Waals surface area contributed by atoms with Crippen molar-refractivity contribution in [3.63, 3.8) is 0 Å². The van der Waals surface area contributed by atoms with Crippen LogP contribution in [0.3, 0.4) is 0 Å². The summed E-state index contributed by atoms with van der Waals surface area (Å²) in [7, 11) is 0. The molecule has 0 aliphatic carbocycles. The molecule has 0 spiro atoms. The average molecular weight is 365 g/mol. The normalized spacial score (nSPS) is 17.2. The monoisotopic (exact) mass is 364 g/mol. The summed E-state index contributed by atoms with van der Waals surface area (Å²) in [6, 6.07) is 6.93. The van der Waals surface area contributed by atoms with E-state index in [0.717, 1.165) is 0 Å². The molecule has 2 rings (SSSR count). The number of nitrogens with two attached hydrogens (primary N) is 1. The Labute approximate surface area is 151 Å². The van der Waals surface area contributed by atoms with Crippen molar-refractivity contribution < 1.29 is 19.1 Å². The first-order chi connectivity index (χ1) is 11.9. The second-order valence-corrected chi connectivity index (χ2v) is 5.86. The van der Waals surface area contributed by atoms with Gasteiger partial charge in [-0.05, 0) is 38.5 Å². The second-order valence-electron chi connectivity index (χ2n) is 5.42. The third-order valence-electron chi connectivity index (χ3n) is 3.77. The number of carbonyl (C=O) groups excluding carboxylic acids is 2. The van der Waals surface area contributed by atoms with E-state index in [1.54, 1.807) is 45.0 Å². The number of rotatable bonds is 5. The molecule has 1 aromatic carbocycles. The summed E-state index contributed by atoms with van der Waals surface area (Å²) in [5.74, 6) is -1.69. The number of carbonyl (C=O) groups is 2. The Bertz CT molecular complexity index is 715. The lowest BCUT2D eigenvalue weighted by Crippen LogP contribution is -2.36. The maximum atomic E-state index is 12.5. The van der Waals surface area contributed by atoms with Crippen LogP contribution in [0.1, 0.15) is 32.3 Å². The third kappa shape index (κ3) is 3.96. The van der Waals surface area contributed by atoms with Gasteiger partial charge >= 0.3 is 11.9 Å². The van der Waals surface area contributed by atoms with E-state index in [2.05, 4.69) is 5.32 Å². The predicted octanol–water partition coefficient (Wildman–Crippen LogP) is 2.60. The highest BCUT2D eigenvalue weighted by molar-refractivity contribution is 6.30. The molecule has 1 atom stereocenters. The lowest BCUT2D eigenvalue weighted by Gasteiger charge is -2.30. The van der Waals surface area contributed by atoms with Crippen LogP contribution in [0.15, 0.2) is 46.9 Å². The van der Waals surface area contributed by atoms with Crippen molar-refractivity contribution >= 4 is 23.5 Å². The molecule has 25 heavy (non-hydrogen) atoms. The molecule has 0 fully saturated rings. The summed E-state index contributed by atoms with van der Waals surface area (Å²) in [6.07, 6.45) is 0. The fourth-order valence-electron chi connectivity index (χ4n) is 2.79. The van der Waals surface area contributed by atoms with E-state index in [1.807, 2.05) is 0 Å². The number of hydrogen-bond donors (Lipinski definition) is 2.